The summed E-state index contributed by atoms with van der Waals surface area (Å²) < 4.78 is 0. The first-order valence-electron chi connectivity index (χ1n) is 5.83. The Bertz CT molecular complexity index is 404. The molecule has 0 aliphatic carbocycles. The van der Waals surface area contributed by atoms with E-state index in [-0.39, 0.29) is 28.9 Å². The molecule has 0 heterocycles. The zero-order valence-electron chi connectivity index (χ0n) is 10.6. The van der Waals surface area contributed by atoms with E-state index in [1.54, 1.807) is 30.1 Å². The van der Waals surface area contributed by atoms with E-state index in [4.69, 9.17) is 5.73 Å². The Balaban J connectivity index is 2.93. The molecule has 0 saturated carbocycles. The number of hydrogen-bond acceptors (Lipinski definition) is 3. The Labute approximate surface area is 102 Å². The Morgan fingerprint density at radius 3 is 2.76 bits per heavy atom. The summed E-state index contributed by atoms with van der Waals surface area (Å²) in [5.74, 6) is -0.330. The van der Waals surface area contributed by atoms with Crippen molar-refractivity contribution >= 4 is 11.6 Å². The fourth-order valence-corrected chi connectivity index (χ4v) is 1.74. The van der Waals surface area contributed by atoms with Gasteiger partial charge in [0, 0.05) is 13.1 Å². The van der Waals surface area contributed by atoms with Crippen LogP contribution in [0, 0.1) is 0 Å². The third kappa shape index (κ3) is 2.90. The first-order chi connectivity index (χ1) is 7.99. The minimum absolute atomic E-state index is 0.131. The molecule has 1 unspecified atom stereocenters. The van der Waals surface area contributed by atoms with Crippen LogP contribution in [0.5, 0.6) is 5.75 Å². The molecule has 0 saturated heterocycles. The summed E-state index contributed by atoms with van der Waals surface area (Å²) in [5.41, 5.74) is 6.06. The van der Waals surface area contributed by atoms with Crippen molar-refractivity contribution in [2.24, 2.45) is 0 Å². The number of para-hydroxylation sites is 1. The van der Waals surface area contributed by atoms with Gasteiger partial charge in [-0.3, -0.25) is 4.79 Å². The standard InChI is InChI=1S/C13H20N2O2/c1-4-6-9(2)15(3)13(17)10-7-5-8-11(14)12(10)16/h5,7-9,16H,4,6,14H2,1-3H3. The van der Waals surface area contributed by atoms with Gasteiger partial charge in [0.15, 0.2) is 5.75 Å². The molecule has 4 heteroatoms. The van der Waals surface area contributed by atoms with Crippen LogP contribution < -0.4 is 5.73 Å². The lowest BCUT2D eigenvalue weighted by Gasteiger charge is -2.25. The molecule has 0 fully saturated rings. The van der Waals surface area contributed by atoms with Crippen LogP contribution in [0.2, 0.25) is 0 Å². The Hall–Kier alpha value is -1.71. The number of aromatic hydroxyl groups is 1. The van der Waals surface area contributed by atoms with Gasteiger partial charge < -0.3 is 15.7 Å². The lowest BCUT2D eigenvalue weighted by atomic mass is 10.1. The number of phenols is 1. The highest BCUT2D eigenvalue weighted by atomic mass is 16.3. The summed E-state index contributed by atoms with van der Waals surface area (Å²) in [6.45, 7) is 4.07. The van der Waals surface area contributed by atoms with Gasteiger partial charge in [-0.1, -0.05) is 19.4 Å². The number of hydrogen-bond donors (Lipinski definition) is 2. The highest BCUT2D eigenvalue weighted by molar-refractivity contribution is 5.98. The summed E-state index contributed by atoms with van der Waals surface area (Å²) >= 11 is 0. The minimum Gasteiger partial charge on any atom is -0.505 e. The molecular weight excluding hydrogens is 216 g/mol. The zero-order valence-corrected chi connectivity index (χ0v) is 10.6. The largest absolute Gasteiger partial charge is 0.505 e. The quantitative estimate of drug-likeness (QED) is 0.622. The number of benzene rings is 1. The highest BCUT2D eigenvalue weighted by Crippen LogP contribution is 2.26. The molecule has 1 atom stereocenters. The number of amides is 1. The molecule has 1 aromatic carbocycles. The molecule has 0 aliphatic heterocycles. The fraction of sp³-hybridized carbons (Fsp3) is 0.462. The van der Waals surface area contributed by atoms with E-state index < -0.39 is 0 Å². The van der Waals surface area contributed by atoms with Gasteiger partial charge in [-0.2, -0.15) is 0 Å². The second kappa shape index (κ2) is 5.57. The Kier molecular flexibility index (Phi) is 4.37. The summed E-state index contributed by atoms with van der Waals surface area (Å²) in [5, 5.41) is 9.76. The van der Waals surface area contributed by atoms with E-state index in [0.717, 1.165) is 12.8 Å². The zero-order chi connectivity index (χ0) is 13.0. The number of carbonyl (C=O) groups is 1. The summed E-state index contributed by atoms with van der Waals surface area (Å²) in [6, 6.07) is 4.97. The second-order valence-corrected chi connectivity index (χ2v) is 4.30. The number of rotatable bonds is 4. The normalized spacial score (nSPS) is 12.2. The third-order valence-electron chi connectivity index (χ3n) is 2.99. The van der Waals surface area contributed by atoms with E-state index in [2.05, 4.69) is 6.92 Å². The first kappa shape index (κ1) is 13.4. The molecule has 1 rings (SSSR count). The summed E-state index contributed by atoms with van der Waals surface area (Å²) in [4.78, 5) is 13.8. The highest BCUT2D eigenvalue weighted by Gasteiger charge is 2.20. The van der Waals surface area contributed by atoms with Crippen molar-refractivity contribution in [2.75, 3.05) is 12.8 Å². The van der Waals surface area contributed by atoms with Gasteiger partial charge in [0.25, 0.3) is 5.91 Å². The van der Waals surface area contributed by atoms with Gasteiger partial charge in [0.2, 0.25) is 0 Å². The van der Waals surface area contributed by atoms with Crippen LogP contribution in [0.15, 0.2) is 18.2 Å². The first-order valence-corrected chi connectivity index (χ1v) is 5.83. The maximum atomic E-state index is 12.1. The average molecular weight is 236 g/mol. The van der Waals surface area contributed by atoms with Crippen molar-refractivity contribution in [3.63, 3.8) is 0 Å². The van der Waals surface area contributed by atoms with Gasteiger partial charge in [0.05, 0.1) is 11.3 Å². The van der Waals surface area contributed by atoms with Gasteiger partial charge in [-0.15, -0.1) is 0 Å². The van der Waals surface area contributed by atoms with Crippen molar-refractivity contribution in [1.82, 2.24) is 4.90 Å². The molecule has 1 amide bonds. The number of nitrogens with zero attached hydrogens (tertiary/aromatic N) is 1. The summed E-state index contributed by atoms with van der Waals surface area (Å²) in [6.07, 6.45) is 1.95. The van der Waals surface area contributed by atoms with Crippen LogP contribution in [0.25, 0.3) is 0 Å². The molecule has 3 N–H and O–H groups in total. The smallest absolute Gasteiger partial charge is 0.257 e. The predicted octanol–water partition coefficient (Wildman–Crippen LogP) is 2.23. The van der Waals surface area contributed by atoms with Crippen LogP contribution in [-0.4, -0.2) is 29.0 Å². The SMILES string of the molecule is CCCC(C)N(C)C(=O)c1cccc(N)c1O. The van der Waals surface area contributed by atoms with E-state index in [1.165, 1.54) is 0 Å². The van der Waals surface area contributed by atoms with Gasteiger partial charge in [0.1, 0.15) is 0 Å². The number of nitrogens with two attached hydrogens (primary N) is 1. The molecule has 0 radical (unpaired) electrons. The maximum absolute atomic E-state index is 12.1. The molecule has 4 nitrogen and oxygen atoms in total. The van der Waals surface area contributed by atoms with Crippen LogP contribution >= 0.6 is 0 Å². The molecule has 17 heavy (non-hydrogen) atoms. The lowest BCUT2D eigenvalue weighted by molar-refractivity contribution is 0.0734. The average Bonchev–Trinajstić information content (AvgIpc) is 2.31. The van der Waals surface area contributed by atoms with Gasteiger partial charge in [-0.05, 0) is 25.5 Å². The van der Waals surface area contributed by atoms with Gasteiger partial charge >= 0.3 is 0 Å². The number of nitrogen functional groups attached to an aromatic ring is 1. The number of anilines is 1. The molecule has 0 bridgehead atoms. The molecular formula is C13H20N2O2. The maximum Gasteiger partial charge on any atom is 0.257 e. The van der Waals surface area contributed by atoms with Crippen molar-refractivity contribution in [2.45, 2.75) is 32.7 Å². The van der Waals surface area contributed by atoms with Crippen molar-refractivity contribution in [1.29, 1.82) is 0 Å². The Morgan fingerprint density at radius 2 is 2.18 bits per heavy atom. The third-order valence-corrected chi connectivity index (χ3v) is 2.99. The van der Waals surface area contributed by atoms with Crippen LogP contribution in [0.1, 0.15) is 37.0 Å². The van der Waals surface area contributed by atoms with Crippen LogP contribution in [0.3, 0.4) is 0 Å². The Morgan fingerprint density at radius 1 is 1.53 bits per heavy atom. The van der Waals surface area contributed by atoms with Crippen molar-refractivity contribution < 1.29 is 9.90 Å². The van der Waals surface area contributed by atoms with E-state index in [0.29, 0.717) is 0 Å². The lowest BCUT2D eigenvalue weighted by Crippen LogP contribution is -2.35. The molecule has 0 spiro atoms. The molecule has 94 valence electrons. The van der Waals surface area contributed by atoms with Crippen LogP contribution in [-0.2, 0) is 0 Å². The van der Waals surface area contributed by atoms with E-state index >= 15 is 0 Å². The van der Waals surface area contributed by atoms with Crippen molar-refractivity contribution in [3.8, 4) is 5.75 Å². The monoisotopic (exact) mass is 236 g/mol. The van der Waals surface area contributed by atoms with E-state index in [1.807, 2.05) is 6.92 Å². The second-order valence-electron chi connectivity index (χ2n) is 4.30. The van der Waals surface area contributed by atoms with Crippen LogP contribution in [0.4, 0.5) is 5.69 Å². The molecule has 1 aromatic rings. The minimum atomic E-state index is -0.198. The molecule has 0 aromatic heterocycles. The molecule has 0 aliphatic rings. The number of phenolic OH excluding ortho intramolecular Hbond substituents is 1. The van der Waals surface area contributed by atoms with E-state index in [9.17, 15) is 9.90 Å². The fourth-order valence-electron chi connectivity index (χ4n) is 1.74. The van der Waals surface area contributed by atoms with Crippen molar-refractivity contribution in [3.05, 3.63) is 23.8 Å². The summed E-state index contributed by atoms with van der Waals surface area (Å²) in [7, 11) is 1.74. The number of carbonyl (C=O) groups excluding carboxylic acids is 1. The topological polar surface area (TPSA) is 66.6 Å². The predicted molar refractivity (Wildman–Crippen MR) is 69.0 cm³/mol. The van der Waals surface area contributed by atoms with Gasteiger partial charge in [-0.25, -0.2) is 0 Å².